The van der Waals surface area contributed by atoms with Crippen molar-refractivity contribution in [3.05, 3.63) is 65.1 Å². The lowest BCUT2D eigenvalue weighted by Gasteiger charge is -2.17. The highest BCUT2D eigenvalue weighted by molar-refractivity contribution is 5.84. The van der Waals surface area contributed by atoms with Crippen LogP contribution in [0.1, 0.15) is 73.6 Å². The molecule has 0 unspecified atom stereocenters. The third-order valence-electron chi connectivity index (χ3n) is 5.61. The van der Waals surface area contributed by atoms with Gasteiger partial charge in [0.25, 0.3) is 0 Å². The van der Waals surface area contributed by atoms with E-state index in [1.807, 2.05) is 0 Å². The van der Waals surface area contributed by atoms with Crippen molar-refractivity contribution in [2.45, 2.75) is 64.2 Å². The highest BCUT2D eigenvalue weighted by Gasteiger charge is 2.22. The van der Waals surface area contributed by atoms with E-state index in [0.717, 1.165) is 0 Å². The molecule has 0 N–H and O–H groups in total. The minimum atomic E-state index is 1.26. The van der Waals surface area contributed by atoms with Gasteiger partial charge in [-0.25, -0.2) is 0 Å². The summed E-state index contributed by atoms with van der Waals surface area (Å²) in [6, 6.07) is 13.7. The van der Waals surface area contributed by atoms with Crippen LogP contribution in [0.2, 0.25) is 0 Å². The molecule has 0 saturated heterocycles. The molecule has 0 bridgehead atoms. The van der Waals surface area contributed by atoms with Gasteiger partial charge in [0.15, 0.2) is 0 Å². The Morgan fingerprint density at radius 3 is 2.09 bits per heavy atom. The molecule has 2 aliphatic rings. The van der Waals surface area contributed by atoms with Crippen molar-refractivity contribution in [2.24, 2.45) is 0 Å². The average molecular weight is 303 g/mol. The summed E-state index contributed by atoms with van der Waals surface area (Å²) in [5.74, 6) is 0. The summed E-state index contributed by atoms with van der Waals surface area (Å²) in [6.45, 7) is 0. The van der Waals surface area contributed by atoms with Crippen molar-refractivity contribution in [3.63, 3.8) is 0 Å². The maximum Gasteiger partial charge on any atom is 0.0212 e. The van der Waals surface area contributed by atoms with Gasteiger partial charge < -0.3 is 0 Å². The van der Waals surface area contributed by atoms with E-state index in [-0.39, 0.29) is 0 Å². The Labute approximate surface area is 140 Å². The van der Waals surface area contributed by atoms with Crippen LogP contribution in [-0.2, 0) is 12.8 Å². The number of fused-ring (bicyclic) bond motifs is 5. The van der Waals surface area contributed by atoms with Crippen molar-refractivity contribution >= 4 is 0 Å². The molecule has 0 amide bonds. The summed E-state index contributed by atoms with van der Waals surface area (Å²) in [4.78, 5) is 0. The molecule has 0 spiro atoms. The molecule has 119 valence electrons. The number of rotatable bonds is 0. The third-order valence-corrected chi connectivity index (χ3v) is 5.61. The molecule has 0 saturated carbocycles. The van der Waals surface area contributed by atoms with Gasteiger partial charge in [-0.05, 0) is 59.1 Å². The van der Waals surface area contributed by atoms with E-state index in [4.69, 9.17) is 0 Å². The summed E-state index contributed by atoms with van der Waals surface area (Å²) in [5.41, 5.74) is 9.14. The Kier molecular flexibility index (Phi) is 4.50. The third kappa shape index (κ3) is 3.09. The fraction of sp³-hybridized carbons (Fsp3) is 0.435. The van der Waals surface area contributed by atoms with Crippen molar-refractivity contribution in [3.8, 4) is 11.1 Å². The van der Waals surface area contributed by atoms with E-state index < -0.39 is 0 Å². The summed E-state index contributed by atoms with van der Waals surface area (Å²) in [6.07, 6.45) is 16.2. The fourth-order valence-corrected chi connectivity index (χ4v) is 4.36. The summed E-state index contributed by atoms with van der Waals surface area (Å²) in [7, 11) is 0. The number of aryl methyl sites for hydroxylation is 1. The first kappa shape index (κ1) is 15.0. The van der Waals surface area contributed by atoms with Gasteiger partial charge in [-0.2, -0.15) is 0 Å². The van der Waals surface area contributed by atoms with Gasteiger partial charge in [0.2, 0.25) is 0 Å². The zero-order valence-electron chi connectivity index (χ0n) is 14.1. The Hall–Kier alpha value is -1.56. The minimum Gasteiger partial charge on any atom is -0.0619 e. The van der Waals surface area contributed by atoms with Gasteiger partial charge in [0.05, 0.1) is 0 Å². The van der Waals surface area contributed by atoms with Crippen LogP contribution in [0.15, 0.2) is 36.4 Å². The predicted molar refractivity (Wildman–Crippen MR) is 98.7 cm³/mol. The number of hydrogen-bond donors (Lipinski definition) is 0. The van der Waals surface area contributed by atoms with Gasteiger partial charge in [-0.15, -0.1) is 0 Å². The molecule has 1 radical (unpaired) electrons. The molecule has 0 nitrogen and oxygen atoms in total. The normalized spacial score (nSPS) is 18.3. The lowest BCUT2D eigenvalue weighted by molar-refractivity contribution is 0.560. The first-order valence-corrected chi connectivity index (χ1v) is 9.52. The molecule has 4 rings (SSSR count). The van der Waals surface area contributed by atoms with Crippen LogP contribution in [0.25, 0.3) is 11.1 Å². The van der Waals surface area contributed by atoms with E-state index in [9.17, 15) is 0 Å². The van der Waals surface area contributed by atoms with Gasteiger partial charge in [0.1, 0.15) is 0 Å². The Morgan fingerprint density at radius 2 is 1.26 bits per heavy atom. The molecule has 23 heavy (non-hydrogen) atoms. The molecular formula is C23H27. The summed E-state index contributed by atoms with van der Waals surface area (Å²) < 4.78 is 0. The predicted octanol–water partition coefficient (Wildman–Crippen LogP) is 6.49. The van der Waals surface area contributed by atoms with Crippen LogP contribution in [-0.4, -0.2) is 0 Å². The molecule has 0 aromatic heterocycles. The van der Waals surface area contributed by atoms with E-state index in [2.05, 4.69) is 42.8 Å². The molecule has 0 heteroatoms. The van der Waals surface area contributed by atoms with Crippen LogP contribution in [0.5, 0.6) is 0 Å². The highest BCUT2D eigenvalue weighted by atomic mass is 14.3. The molecule has 2 aromatic rings. The SMILES string of the molecule is [CH]1c2ccccc2-c2c1ccc1c2CCCCCCCCCC1. The largest absolute Gasteiger partial charge is 0.0619 e. The van der Waals surface area contributed by atoms with Crippen LogP contribution in [0, 0.1) is 6.42 Å². The zero-order valence-corrected chi connectivity index (χ0v) is 14.1. The van der Waals surface area contributed by atoms with Crippen molar-refractivity contribution < 1.29 is 0 Å². The maximum absolute atomic E-state index is 2.42. The first-order chi connectivity index (χ1) is 11.4. The lowest BCUT2D eigenvalue weighted by atomic mass is 9.88. The molecule has 2 aromatic carbocycles. The van der Waals surface area contributed by atoms with Crippen LogP contribution in [0.4, 0.5) is 0 Å². The lowest BCUT2D eigenvalue weighted by Crippen LogP contribution is -2.00. The monoisotopic (exact) mass is 303 g/mol. The van der Waals surface area contributed by atoms with Crippen LogP contribution in [0.3, 0.4) is 0 Å². The van der Waals surface area contributed by atoms with E-state index in [1.165, 1.54) is 80.9 Å². The fourth-order valence-electron chi connectivity index (χ4n) is 4.36. The first-order valence-electron chi connectivity index (χ1n) is 9.52. The Bertz CT molecular complexity index is 680. The van der Waals surface area contributed by atoms with Crippen molar-refractivity contribution in [1.82, 2.24) is 0 Å². The van der Waals surface area contributed by atoms with E-state index in [0.29, 0.717) is 0 Å². The number of hydrogen-bond acceptors (Lipinski definition) is 0. The second kappa shape index (κ2) is 6.91. The van der Waals surface area contributed by atoms with Gasteiger partial charge >= 0.3 is 0 Å². The van der Waals surface area contributed by atoms with Crippen LogP contribution < -0.4 is 0 Å². The summed E-state index contributed by atoms with van der Waals surface area (Å²) >= 11 is 0. The minimum absolute atomic E-state index is 1.26. The molecule has 0 atom stereocenters. The smallest absolute Gasteiger partial charge is 0.0212 e. The Morgan fingerprint density at radius 1 is 0.565 bits per heavy atom. The maximum atomic E-state index is 2.42. The quantitative estimate of drug-likeness (QED) is 0.445. The van der Waals surface area contributed by atoms with Gasteiger partial charge in [-0.3, -0.25) is 0 Å². The standard InChI is InChI=1S/C23H27/c1-2-4-6-8-13-21-18(11-7-5-3-1)15-16-20-17-19-12-9-10-14-22(19)23(20)21/h9-10,12,14-17H,1-8,11,13H2. The molecule has 2 aliphatic carbocycles. The van der Waals surface area contributed by atoms with Crippen molar-refractivity contribution in [2.75, 3.05) is 0 Å². The zero-order chi connectivity index (χ0) is 15.5. The van der Waals surface area contributed by atoms with Crippen LogP contribution >= 0.6 is 0 Å². The molecule has 0 aliphatic heterocycles. The molecule has 0 heterocycles. The van der Waals surface area contributed by atoms with Gasteiger partial charge in [-0.1, -0.05) is 74.9 Å². The summed E-state index contributed by atoms with van der Waals surface area (Å²) in [5, 5.41) is 0. The van der Waals surface area contributed by atoms with Gasteiger partial charge in [0, 0.05) is 6.42 Å². The average Bonchev–Trinajstić information content (AvgIpc) is 2.94. The van der Waals surface area contributed by atoms with E-state index in [1.54, 1.807) is 16.7 Å². The Balaban J connectivity index is 1.72. The molecular weight excluding hydrogens is 276 g/mol. The van der Waals surface area contributed by atoms with Crippen molar-refractivity contribution in [1.29, 1.82) is 0 Å². The van der Waals surface area contributed by atoms with E-state index >= 15 is 0 Å². The highest BCUT2D eigenvalue weighted by Crippen LogP contribution is 2.42. The second-order valence-corrected chi connectivity index (χ2v) is 7.23. The second-order valence-electron chi connectivity index (χ2n) is 7.23. The topological polar surface area (TPSA) is 0 Å². The number of benzene rings is 2. The molecule has 0 fully saturated rings.